The minimum atomic E-state index is -5.00. The van der Waals surface area contributed by atoms with Crippen LogP contribution in [0.15, 0.2) is 54.8 Å². The van der Waals surface area contributed by atoms with Gasteiger partial charge in [-0.25, -0.2) is 0 Å². The third kappa shape index (κ3) is 2.82. The van der Waals surface area contributed by atoms with E-state index in [-0.39, 0.29) is 6.54 Å². The normalized spacial score (nSPS) is 11.5. The van der Waals surface area contributed by atoms with Crippen LogP contribution >= 0.6 is 0 Å². The molecule has 0 fully saturated rings. The minimum Gasteiger partial charge on any atom is -0.445 e. The highest BCUT2D eigenvalue weighted by molar-refractivity contribution is 6.66. The number of nitrogens with zero attached hydrogens (tertiary/aromatic N) is 2. The molecule has 1 aromatic heterocycles. The van der Waals surface area contributed by atoms with Gasteiger partial charge in [-0.1, -0.05) is 30.3 Å². The zero-order chi connectivity index (χ0) is 13.2. The number of rotatable bonds is 4. The molecule has 0 saturated carbocycles. The van der Waals surface area contributed by atoms with E-state index in [2.05, 4.69) is 11.7 Å². The first-order valence-electron chi connectivity index (χ1n) is 5.42. The lowest BCUT2D eigenvalue weighted by Crippen LogP contribution is -2.22. The van der Waals surface area contributed by atoms with E-state index in [1.807, 2.05) is 30.3 Å². The zero-order valence-corrected chi connectivity index (χ0v) is 9.56. The first-order valence-corrected chi connectivity index (χ1v) is 5.42. The van der Waals surface area contributed by atoms with Gasteiger partial charge in [0.25, 0.3) is 0 Å². The molecule has 0 aliphatic heterocycles. The van der Waals surface area contributed by atoms with Gasteiger partial charge in [0.15, 0.2) is 0 Å². The van der Waals surface area contributed by atoms with Gasteiger partial charge in [-0.3, -0.25) is 4.68 Å². The number of allylic oxidation sites excluding steroid dienone is 1. The highest BCUT2D eigenvalue weighted by Crippen LogP contribution is 2.21. The fourth-order valence-corrected chi connectivity index (χ4v) is 1.54. The van der Waals surface area contributed by atoms with Crippen molar-refractivity contribution < 1.29 is 12.9 Å². The van der Waals surface area contributed by atoms with Crippen molar-refractivity contribution in [2.75, 3.05) is 0 Å². The van der Waals surface area contributed by atoms with Crippen LogP contribution in [0.5, 0.6) is 0 Å². The molecule has 0 unspecified atom stereocenters. The summed E-state index contributed by atoms with van der Waals surface area (Å²) < 4.78 is 38.4. The van der Waals surface area contributed by atoms with E-state index < -0.39 is 12.4 Å². The Labute approximate surface area is 103 Å². The summed E-state index contributed by atoms with van der Waals surface area (Å²) in [7, 11) is 0. The Bertz CT molecular complexity index is 546. The molecule has 94 valence electrons. The van der Waals surface area contributed by atoms with Crippen molar-refractivity contribution in [3.8, 4) is 11.1 Å². The Morgan fingerprint density at radius 1 is 1.17 bits per heavy atom. The maximum Gasteiger partial charge on any atom is 0.506 e. The van der Waals surface area contributed by atoms with Crippen LogP contribution in [0, 0.1) is 0 Å². The van der Waals surface area contributed by atoms with Crippen molar-refractivity contribution in [2.24, 2.45) is 0 Å². The van der Waals surface area contributed by atoms with E-state index in [1.165, 1.54) is 4.68 Å². The van der Waals surface area contributed by atoms with E-state index in [1.54, 1.807) is 12.4 Å². The fourth-order valence-electron chi connectivity index (χ4n) is 1.54. The molecular weight excluding hydrogens is 240 g/mol. The van der Waals surface area contributed by atoms with Crippen molar-refractivity contribution in [1.82, 2.24) is 9.78 Å². The molecule has 0 amide bonds. The molecule has 0 saturated heterocycles. The van der Waals surface area contributed by atoms with E-state index in [0.717, 1.165) is 11.1 Å². The molecule has 1 heterocycles. The summed E-state index contributed by atoms with van der Waals surface area (Å²) in [5.41, 5.74) is 0.961. The Balaban J connectivity index is 2.15. The molecule has 0 atom stereocenters. The average Bonchev–Trinajstić information content (AvgIpc) is 2.77. The number of aromatic nitrogens is 2. The number of halogens is 3. The van der Waals surface area contributed by atoms with Crippen LogP contribution in [0.2, 0.25) is 0 Å². The SMILES string of the molecule is C=C(Cn1cc(-c2ccccc2)cn1)[B-](F)(F)F. The summed E-state index contributed by atoms with van der Waals surface area (Å²) in [4.78, 5) is 0. The molecule has 1 aromatic carbocycles. The molecule has 6 heteroatoms. The maximum absolute atomic E-state index is 12.4. The quantitative estimate of drug-likeness (QED) is 0.760. The van der Waals surface area contributed by atoms with Crippen molar-refractivity contribution in [2.45, 2.75) is 6.54 Å². The number of hydrogen-bond acceptors (Lipinski definition) is 1. The second-order valence-electron chi connectivity index (χ2n) is 4.03. The Kier molecular flexibility index (Phi) is 3.27. The summed E-state index contributed by atoms with van der Waals surface area (Å²) in [5, 5.41) is 3.91. The van der Waals surface area contributed by atoms with Gasteiger partial charge in [0.1, 0.15) is 0 Å². The maximum atomic E-state index is 12.4. The molecule has 0 N–H and O–H groups in total. The van der Waals surface area contributed by atoms with Gasteiger partial charge in [0, 0.05) is 18.3 Å². The highest BCUT2D eigenvalue weighted by atomic mass is 19.4. The van der Waals surface area contributed by atoms with Crippen LogP contribution in [0.25, 0.3) is 11.1 Å². The van der Waals surface area contributed by atoms with Crippen LogP contribution in [0.1, 0.15) is 0 Å². The van der Waals surface area contributed by atoms with Gasteiger partial charge in [0.05, 0.1) is 6.20 Å². The van der Waals surface area contributed by atoms with Gasteiger partial charge in [0.2, 0.25) is 0 Å². The summed E-state index contributed by atoms with van der Waals surface area (Å²) in [6.45, 7) is -2.28. The third-order valence-corrected chi connectivity index (χ3v) is 2.57. The van der Waals surface area contributed by atoms with Crippen LogP contribution < -0.4 is 0 Å². The van der Waals surface area contributed by atoms with Gasteiger partial charge >= 0.3 is 6.98 Å². The monoisotopic (exact) mass is 251 g/mol. The largest absolute Gasteiger partial charge is 0.506 e. The van der Waals surface area contributed by atoms with Crippen molar-refractivity contribution in [3.05, 3.63) is 54.8 Å². The van der Waals surface area contributed by atoms with E-state index in [9.17, 15) is 12.9 Å². The second kappa shape index (κ2) is 4.72. The number of hydrogen-bond donors (Lipinski definition) is 0. The van der Waals surface area contributed by atoms with Crippen LogP contribution in [0.4, 0.5) is 12.9 Å². The first kappa shape index (κ1) is 12.5. The molecule has 0 spiro atoms. The predicted octanol–water partition coefficient (Wildman–Crippen LogP) is 3.49. The third-order valence-electron chi connectivity index (χ3n) is 2.57. The minimum absolute atomic E-state index is 0.323. The van der Waals surface area contributed by atoms with E-state index >= 15 is 0 Å². The molecule has 0 bridgehead atoms. The predicted molar refractivity (Wildman–Crippen MR) is 65.9 cm³/mol. The van der Waals surface area contributed by atoms with Crippen molar-refractivity contribution in [3.63, 3.8) is 0 Å². The van der Waals surface area contributed by atoms with E-state index in [4.69, 9.17) is 0 Å². The summed E-state index contributed by atoms with van der Waals surface area (Å²) >= 11 is 0. The standard InChI is InChI=1S/C12H11BF3N2/c1-10(13(14,15)16)8-18-9-12(7-17-18)11-5-3-2-4-6-11/h2-7,9H,1,8H2/q-1. The van der Waals surface area contributed by atoms with Crippen LogP contribution in [0.3, 0.4) is 0 Å². The lowest BCUT2D eigenvalue weighted by molar-refractivity contribution is 0.479. The second-order valence-corrected chi connectivity index (χ2v) is 4.03. The van der Waals surface area contributed by atoms with Crippen molar-refractivity contribution >= 4 is 6.98 Å². The van der Waals surface area contributed by atoms with Gasteiger partial charge in [-0.05, 0) is 5.56 Å². The molecule has 0 aliphatic carbocycles. The Hall–Kier alpha value is -1.98. The highest BCUT2D eigenvalue weighted by Gasteiger charge is 2.26. The number of benzene rings is 1. The Morgan fingerprint density at radius 3 is 2.44 bits per heavy atom. The summed E-state index contributed by atoms with van der Waals surface area (Å²) in [5.74, 6) is 0. The smallest absolute Gasteiger partial charge is 0.445 e. The fraction of sp³-hybridized carbons (Fsp3) is 0.0833. The topological polar surface area (TPSA) is 17.8 Å². The van der Waals surface area contributed by atoms with E-state index in [0.29, 0.717) is 0 Å². The first-order chi connectivity index (χ1) is 8.47. The van der Waals surface area contributed by atoms with Crippen molar-refractivity contribution in [1.29, 1.82) is 0 Å². The van der Waals surface area contributed by atoms with Crippen LogP contribution in [-0.4, -0.2) is 16.8 Å². The Morgan fingerprint density at radius 2 is 1.83 bits per heavy atom. The molecule has 0 aliphatic rings. The van der Waals surface area contributed by atoms with Gasteiger partial charge in [-0.15, -0.1) is 12.1 Å². The van der Waals surface area contributed by atoms with Crippen LogP contribution in [-0.2, 0) is 6.54 Å². The van der Waals surface area contributed by atoms with Gasteiger partial charge in [-0.2, -0.15) is 5.10 Å². The van der Waals surface area contributed by atoms with Gasteiger partial charge < -0.3 is 12.9 Å². The molecule has 2 rings (SSSR count). The molecule has 2 aromatic rings. The zero-order valence-electron chi connectivity index (χ0n) is 9.56. The summed E-state index contributed by atoms with van der Waals surface area (Å²) in [6.07, 6.45) is 3.13. The lowest BCUT2D eigenvalue weighted by Gasteiger charge is -2.17. The molecule has 0 radical (unpaired) electrons. The molecule has 2 nitrogen and oxygen atoms in total. The molecular formula is C12H11BF3N2-. The molecule has 18 heavy (non-hydrogen) atoms. The average molecular weight is 251 g/mol. The lowest BCUT2D eigenvalue weighted by atomic mass is 9.80. The summed E-state index contributed by atoms with van der Waals surface area (Å²) in [6, 6.07) is 9.37.